The monoisotopic (exact) mass is 246 g/mol. The summed E-state index contributed by atoms with van der Waals surface area (Å²) in [6.45, 7) is 2.20. The Kier molecular flexibility index (Phi) is 3.62. The first-order chi connectivity index (χ1) is 8.69. The van der Waals surface area contributed by atoms with Crippen molar-refractivity contribution in [1.29, 1.82) is 0 Å². The Morgan fingerprint density at radius 1 is 1.39 bits per heavy atom. The molecule has 0 unspecified atom stereocenters. The van der Waals surface area contributed by atoms with E-state index in [1.807, 2.05) is 24.3 Å². The summed E-state index contributed by atoms with van der Waals surface area (Å²) in [7, 11) is 1.61. The van der Waals surface area contributed by atoms with Gasteiger partial charge in [0.2, 0.25) is 5.76 Å². The molecule has 0 saturated carbocycles. The summed E-state index contributed by atoms with van der Waals surface area (Å²) in [5.41, 5.74) is 1.67. The van der Waals surface area contributed by atoms with Gasteiger partial charge in [-0.1, -0.05) is 17.3 Å². The van der Waals surface area contributed by atoms with E-state index >= 15 is 0 Å². The van der Waals surface area contributed by atoms with Crippen LogP contribution in [0, 0.1) is 6.92 Å². The van der Waals surface area contributed by atoms with Crippen molar-refractivity contribution < 1.29 is 14.1 Å². The van der Waals surface area contributed by atoms with Gasteiger partial charge in [-0.2, -0.15) is 0 Å². The second kappa shape index (κ2) is 5.35. The first kappa shape index (κ1) is 12.2. The maximum Gasteiger partial charge on any atom is 0.290 e. The van der Waals surface area contributed by atoms with Crippen LogP contribution in [0.3, 0.4) is 0 Å². The van der Waals surface area contributed by atoms with Crippen molar-refractivity contribution in [3.05, 3.63) is 47.3 Å². The Morgan fingerprint density at radius 2 is 2.11 bits per heavy atom. The van der Waals surface area contributed by atoms with Gasteiger partial charge in [0.05, 0.1) is 12.8 Å². The van der Waals surface area contributed by atoms with Crippen LogP contribution in [-0.4, -0.2) is 18.2 Å². The number of rotatable bonds is 4. The highest BCUT2D eigenvalue weighted by Gasteiger charge is 2.10. The minimum atomic E-state index is -0.272. The van der Waals surface area contributed by atoms with E-state index in [1.165, 1.54) is 0 Å². The summed E-state index contributed by atoms with van der Waals surface area (Å²) in [4.78, 5) is 11.7. The highest BCUT2D eigenvalue weighted by atomic mass is 16.5. The molecular weight excluding hydrogens is 232 g/mol. The van der Waals surface area contributed by atoms with Crippen LogP contribution >= 0.6 is 0 Å². The molecule has 1 aromatic carbocycles. The predicted molar refractivity (Wildman–Crippen MR) is 65.4 cm³/mol. The van der Waals surface area contributed by atoms with Crippen LogP contribution in [-0.2, 0) is 6.54 Å². The summed E-state index contributed by atoms with van der Waals surface area (Å²) >= 11 is 0. The van der Waals surface area contributed by atoms with Gasteiger partial charge in [0.15, 0.2) is 0 Å². The summed E-state index contributed by atoms with van der Waals surface area (Å²) < 4.78 is 9.93. The Balaban J connectivity index is 1.92. The number of carbonyl (C=O) groups is 1. The summed E-state index contributed by atoms with van der Waals surface area (Å²) in [5.74, 6) is 0.739. The number of benzene rings is 1. The maximum atomic E-state index is 11.7. The molecule has 0 saturated heterocycles. The zero-order valence-electron chi connectivity index (χ0n) is 10.3. The molecule has 0 bridgehead atoms. The third kappa shape index (κ3) is 2.88. The lowest BCUT2D eigenvalue weighted by Crippen LogP contribution is -2.22. The van der Waals surface area contributed by atoms with Gasteiger partial charge in [-0.15, -0.1) is 0 Å². The second-order valence-electron chi connectivity index (χ2n) is 3.86. The van der Waals surface area contributed by atoms with Crippen LogP contribution in [0.2, 0.25) is 0 Å². The summed E-state index contributed by atoms with van der Waals surface area (Å²) in [6.07, 6.45) is 0. The zero-order chi connectivity index (χ0) is 13.0. The van der Waals surface area contributed by atoms with Gasteiger partial charge in [0.1, 0.15) is 5.75 Å². The molecule has 0 fully saturated rings. The van der Waals surface area contributed by atoms with Gasteiger partial charge in [-0.25, -0.2) is 0 Å². The SMILES string of the molecule is COc1ccc(CNC(=O)c2cc(C)no2)cc1. The lowest BCUT2D eigenvalue weighted by molar-refractivity contribution is 0.0914. The van der Waals surface area contributed by atoms with Crippen molar-refractivity contribution in [2.75, 3.05) is 7.11 Å². The molecule has 2 aromatic rings. The summed E-state index contributed by atoms with van der Waals surface area (Å²) in [5, 5.41) is 6.42. The first-order valence-electron chi connectivity index (χ1n) is 5.53. The Hall–Kier alpha value is -2.30. The molecule has 1 aromatic heterocycles. The average molecular weight is 246 g/mol. The highest BCUT2D eigenvalue weighted by Crippen LogP contribution is 2.11. The van der Waals surface area contributed by atoms with Gasteiger partial charge < -0.3 is 14.6 Å². The van der Waals surface area contributed by atoms with E-state index in [0.29, 0.717) is 12.2 Å². The van der Waals surface area contributed by atoms with E-state index in [1.54, 1.807) is 20.1 Å². The van der Waals surface area contributed by atoms with Gasteiger partial charge in [-0.3, -0.25) is 4.79 Å². The number of hydrogen-bond donors (Lipinski definition) is 1. The average Bonchev–Trinajstić information content (AvgIpc) is 2.83. The molecular formula is C13H14N2O3. The molecule has 1 heterocycles. The molecule has 0 spiro atoms. The minimum Gasteiger partial charge on any atom is -0.497 e. The van der Waals surface area contributed by atoms with E-state index in [0.717, 1.165) is 11.3 Å². The van der Waals surface area contributed by atoms with Crippen molar-refractivity contribution >= 4 is 5.91 Å². The lowest BCUT2D eigenvalue weighted by Gasteiger charge is -2.04. The predicted octanol–water partition coefficient (Wildman–Crippen LogP) is 1.92. The van der Waals surface area contributed by atoms with Crippen LogP contribution in [0.15, 0.2) is 34.9 Å². The Labute approximate surface area is 105 Å². The van der Waals surface area contributed by atoms with Crippen LogP contribution < -0.4 is 10.1 Å². The topological polar surface area (TPSA) is 64.4 Å². The molecule has 0 atom stereocenters. The fourth-order valence-electron chi connectivity index (χ4n) is 1.48. The first-order valence-corrected chi connectivity index (χ1v) is 5.53. The molecule has 18 heavy (non-hydrogen) atoms. The number of nitrogens with one attached hydrogen (secondary N) is 1. The van der Waals surface area contributed by atoms with Gasteiger partial charge in [0.25, 0.3) is 5.91 Å². The lowest BCUT2D eigenvalue weighted by atomic mass is 10.2. The number of methoxy groups -OCH3 is 1. The van der Waals surface area contributed by atoms with Crippen molar-refractivity contribution in [2.45, 2.75) is 13.5 Å². The van der Waals surface area contributed by atoms with Gasteiger partial charge in [0, 0.05) is 12.6 Å². The van der Waals surface area contributed by atoms with E-state index < -0.39 is 0 Å². The van der Waals surface area contributed by atoms with Crippen LogP contribution in [0.1, 0.15) is 21.8 Å². The molecule has 0 aliphatic rings. The number of amides is 1. The van der Waals surface area contributed by atoms with Gasteiger partial charge in [-0.05, 0) is 24.6 Å². The normalized spacial score (nSPS) is 10.1. The molecule has 0 radical (unpaired) electrons. The molecule has 0 aliphatic carbocycles. The number of carbonyl (C=O) groups excluding carboxylic acids is 1. The second-order valence-corrected chi connectivity index (χ2v) is 3.86. The molecule has 2 rings (SSSR count). The number of hydrogen-bond acceptors (Lipinski definition) is 4. The quantitative estimate of drug-likeness (QED) is 0.895. The van der Waals surface area contributed by atoms with Crippen molar-refractivity contribution in [3.8, 4) is 5.75 Å². The standard InChI is InChI=1S/C13H14N2O3/c1-9-7-12(18-15-9)13(16)14-8-10-3-5-11(17-2)6-4-10/h3-7H,8H2,1-2H3,(H,14,16). The smallest absolute Gasteiger partial charge is 0.290 e. The third-order valence-electron chi connectivity index (χ3n) is 2.46. The van der Waals surface area contributed by atoms with Crippen molar-refractivity contribution in [1.82, 2.24) is 10.5 Å². The molecule has 94 valence electrons. The Bertz CT molecular complexity index is 531. The number of ether oxygens (including phenoxy) is 1. The minimum absolute atomic E-state index is 0.223. The van der Waals surface area contributed by atoms with Crippen molar-refractivity contribution in [2.24, 2.45) is 0 Å². The fourth-order valence-corrected chi connectivity index (χ4v) is 1.48. The zero-order valence-corrected chi connectivity index (χ0v) is 10.3. The van der Waals surface area contributed by atoms with Crippen molar-refractivity contribution in [3.63, 3.8) is 0 Å². The molecule has 0 aliphatic heterocycles. The largest absolute Gasteiger partial charge is 0.497 e. The van der Waals surface area contributed by atoms with E-state index in [4.69, 9.17) is 9.26 Å². The van der Waals surface area contributed by atoms with E-state index in [-0.39, 0.29) is 11.7 Å². The Morgan fingerprint density at radius 3 is 2.67 bits per heavy atom. The number of aromatic nitrogens is 1. The number of nitrogens with zero attached hydrogens (tertiary/aromatic N) is 1. The summed E-state index contributed by atoms with van der Waals surface area (Å²) in [6, 6.07) is 9.08. The van der Waals surface area contributed by atoms with Gasteiger partial charge >= 0.3 is 0 Å². The van der Waals surface area contributed by atoms with E-state index in [2.05, 4.69) is 10.5 Å². The maximum absolute atomic E-state index is 11.7. The van der Waals surface area contributed by atoms with Crippen LogP contribution in [0.25, 0.3) is 0 Å². The molecule has 1 N–H and O–H groups in total. The fraction of sp³-hybridized carbons (Fsp3) is 0.231. The highest BCUT2D eigenvalue weighted by molar-refractivity contribution is 5.91. The number of aryl methyl sites for hydroxylation is 1. The molecule has 5 heteroatoms. The third-order valence-corrected chi connectivity index (χ3v) is 2.46. The molecule has 1 amide bonds. The molecule has 5 nitrogen and oxygen atoms in total. The van der Waals surface area contributed by atoms with Crippen LogP contribution in [0.4, 0.5) is 0 Å². The van der Waals surface area contributed by atoms with Crippen LogP contribution in [0.5, 0.6) is 5.75 Å². The van der Waals surface area contributed by atoms with E-state index in [9.17, 15) is 4.79 Å².